The summed E-state index contributed by atoms with van der Waals surface area (Å²) < 4.78 is 16.7. The van der Waals surface area contributed by atoms with Gasteiger partial charge in [-0.05, 0) is 51.4 Å². The van der Waals surface area contributed by atoms with Gasteiger partial charge in [0.1, 0.15) is 18.5 Å². The summed E-state index contributed by atoms with van der Waals surface area (Å²) in [5, 5.41) is 47.5. The second kappa shape index (κ2) is 14.8. The Bertz CT molecular complexity index is 1340. The highest BCUT2D eigenvalue weighted by Crippen LogP contribution is 2.43. The molecular formula is C29H35N3O10. The van der Waals surface area contributed by atoms with Crippen molar-refractivity contribution < 1.29 is 44.0 Å². The van der Waals surface area contributed by atoms with Crippen LogP contribution >= 0.6 is 0 Å². The fourth-order valence-electron chi connectivity index (χ4n) is 4.66. The van der Waals surface area contributed by atoms with Crippen molar-refractivity contribution in [1.29, 1.82) is 0 Å². The van der Waals surface area contributed by atoms with E-state index in [2.05, 4.69) is 10.6 Å². The molecule has 2 aromatic carbocycles. The third kappa shape index (κ3) is 7.98. The first-order chi connectivity index (χ1) is 20.0. The van der Waals surface area contributed by atoms with E-state index in [1.165, 1.54) is 33.1 Å². The molecule has 226 valence electrons. The molecule has 0 saturated carbocycles. The monoisotopic (exact) mass is 585 g/mol. The lowest BCUT2D eigenvalue weighted by molar-refractivity contribution is -0.384. The topological polar surface area (TPSA) is 190 Å². The summed E-state index contributed by atoms with van der Waals surface area (Å²) >= 11 is 0. The molecule has 1 unspecified atom stereocenters. The maximum absolute atomic E-state index is 12.2. The zero-order valence-electron chi connectivity index (χ0n) is 23.6. The van der Waals surface area contributed by atoms with Crippen molar-refractivity contribution in [1.82, 2.24) is 10.6 Å². The highest BCUT2D eigenvalue weighted by atomic mass is 16.6. The lowest BCUT2D eigenvalue weighted by atomic mass is 9.80. The Morgan fingerprint density at radius 2 is 1.64 bits per heavy atom. The molecule has 3 rings (SSSR count). The fraction of sp³-hybridized carbons (Fsp3) is 0.379. The SMILES string of the molecule is COc1ccccc1OCC(O)CNCCCCOc1ccc([N+](=O)[O-])cc1C1C(C(=O)O)=C(C)NC(C)=C1C(=O)O. The van der Waals surface area contributed by atoms with Crippen LogP contribution in [-0.4, -0.2) is 71.7 Å². The summed E-state index contributed by atoms with van der Waals surface area (Å²) in [5.74, 6) is -2.73. The van der Waals surface area contributed by atoms with Crippen molar-refractivity contribution in [2.75, 3.05) is 33.4 Å². The van der Waals surface area contributed by atoms with Crippen LogP contribution in [-0.2, 0) is 9.59 Å². The molecule has 5 N–H and O–H groups in total. The van der Waals surface area contributed by atoms with Crippen molar-refractivity contribution in [2.45, 2.75) is 38.7 Å². The number of hydrogen-bond donors (Lipinski definition) is 5. The number of carbonyl (C=O) groups is 2. The zero-order chi connectivity index (χ0) is 30.8. The number of carboxylic acids is 2. The molecule has 0 bridgehead atoms. The van der Waals surface area contributed by atoms with E-state index in [0.717, 1.165) is 6.07 Å². The summed E-state index contributed by atoms with van der Waals surface area (Å²) in [4.78, 5) is 35.2. The Kier molecular flexibility index (Phi) is 11.3. The van der Waals surface area contributed by atoms with Gasteiger partial charge < -0.3 is 40.2 Å². The van der Waals surface area contributed by atoms with Gasteiger partial charge in [0, 0.05) is 35.6 Å². The van der Waals surface area contributed by atoms with Crippen molar-refractivity contribution >= 4 is 17.6 Å². The highest BCUT2D eigenvalue weighted by molar-refractivity contribution is 5.98. The molecule has 0 fully saturated rings. The van der Waals surface area contributed by atoms with Gasteiger partial charge in [-0.3, -0.25) is 10.1 Å². The van der Waals surface area contributed by atoms with Crippen LogP contribution in [0.2, 0.25) is 0 Å². The zero-order valence-corrected chi connectivity index (χ0v) is 23.6. The average Bonchev–Trinajstić information content (AvgIpc) is 2.94. The molecule has 0 saturated heterocycles. The molecule has 1 aliphatic heterocycles. The quantitative estimate of drug-likeness (QED) is 0.110. The smallest absolute Gasteiger partial charge is 0.334 e. The summed E-state index contributed by atoms with van der Waals surface area (Å²) in [5.41, 5.74) is -0.252. The summed E-state index contributed by atoms with van der Waals surface area (Å²) in [6.45, 7) is 4.13. The molecule has 0 radical (unpaired) electrons. The Morgan fingerprint density at radius 3 is 2.24 bits per heavy atom. The number of ether oxygens (including phenoxy) is 3. The lowest BCUT2D eigenvalue weighted by Crippen LogP contribution is -2.32. The van der Waals surface area contributed by atoms with Gasteiger partial charge in [0.05, 0.1) is 35.7 Å². The number of aliphatic hydroxyl groups is 1. The third-order valence-corrected chi connectivity index (χ3v) is 6.62. The number of nitro groups is 1. The summed E-state index contributed by atoms with van der Waals surface area (Å²) in [6, 6.07) is 10.9. The number of hydrogen-bond acceptors (Lipinski definition) is 10. The first-order valence-corrected chi connectivity index (χ1v) is 13.3. The van der Waals surface area contributed by atoms with Crippen LogP contribution < -0.4 is 24.8 Å². The van der Waals surface area contributed by atoms with Crippen molar-refractivity contribution in [3.05, 3.63) is 80.7 Å². The Morgan fingerprint density at radius 1 is 1.00 bits per heavy atom. The number of benzene rings is 2. The van der Waals surface area contributed by atoms with Crippen LogP contribution in [0.15, 0.2) is 65.0 Å². The predicted octanol–water partition coefficient (Wildman–Crippen LogP) is 3.20. The maximum atomic E-state index is 12.2. The van der Waals surface area contributed by atoms with Gasteiger partial charge in [-0.1, -0.05) is 12.1 Å². The summed E-state index contributed by atoms with van der Waals surface area (Å²) in [6.07, 6.45) is 0.470. The molecule has 42 heavy (non-hydrogen) atoms. The number of nitro benzene ring substituents is 1. The van der Waals surface area contributed by atoms with Crippen molar-refractivity contribution in [3.8, 4) is 17.2 Å². The molecule has 0 spiro atoms. The summed E-state index contributed by atoms with van der Waals surface area (Å²) in [7, 11) is 1.54. The molecule has 1 heterocycles. The van der Waals surface area contributed by atoms with E-state index in [9.17, 15) is 35.0 Å². The second-order valence-corrected chi connectivity index (χ2v) is 9.60. The number of unbranched alkanes of at least 4 members (excludes halogenated alkanes) is 1. The molecule has 1 atom stereocenters. The number of aliphatic carboxylic acids is 2. The van der Waals surface area contributed by atoms with Crippen LogP contribution in [0, 0.1) is 10.1 Å². The first kappa shape index (κ1) is 31.9. The standard InChI is InChI=1S/C29H35N3O10/c1-17-25(28(34)35)27(26(29(36)37)18(2)31-17)21-14-19(32(38)39)10-11-22(21)41-13-7-6-12-30-15-20(33)16-42-24-9-5-4-8-23(24)40-3/h4-5,8-11,14,20,27,30-31,33H,6-7,12-13,15-16H2,1-3H3,(H,34,35)(H,36,37). The highest BCUT2D eigenvalue weighted by Gasteiger charge is 2.38. The normalized spacial score (nSPS) is 14.3. The van der Waals surface area contributed by atoms with E-state index in [4.69, 9.17) is 14.2 Å². The number of non-ortho nitro benzene ring substituents is 1. The van der Waals surface area contributed by atoms with Crippen molar-refractivity contribution in [2.24, 2.45) is 0 Å². The molecule has 0 amide bonds. The maximum Gasteiger partial charge on any atom is 0.334 e. The predicted molar refractivity (Wildman–Crippen MR) is 152 cm³/mol. The second-order valence-electron chi connectivity index (χ2n) is 9.60. The number of para-hydroxylation sites is 2. The lowest BCUT2D eigenvalue weighted by Gasteiger charge is -2.29. The molecule has 0 aromatic heterocycles. The van der Waals surface area contributed by atoms with E-state index in [1.54, 1.807) is 12.1 Å². The first-order valence-electron chi connectivity index (χ1n) is 13.3. The minimum absolute atomic E-state index is 0.0780. The van der Waals surface area contributed by atoms with Crippen LogP contribution in [0.3, 0.4) is 0 Å². The number of dihydropyridines is 1. The van der Waals surface area contributed by atoms with Gasteiger partial charge in [0.15, 0.2) is 11.5 Å². The Labute approximate surface area is 242 Å². The number of nitrogens with one attached hydrogen (secondary N) is 2. The minimum Gasteiger partial charge on any atom is -0.493 e. The fourth-order valence-corrected chi connectivity index (χ4v) is 4.66. The number of allylic oxidation sites excluding steroid dienone is 2. The molecular weight excluding hydrogens is 550 g/mol. The number of nitrogens with zero attached hydrogens (tertiary/aromatic N) is 1. The van der Waals surface area contributed by atoms with E-state index in [0.29, 0.717) is 37.4 Å². The molecule has 0 aliphatic carbocycles. The van der Waals surface area contributed by atoms with Crippen LogP contribution in [0.1, 0.15) is 38.2 Å². The van der Waals surface area contributed by atoms with Gasteiger partial charge in [-0.2, -0.15) is 0 Å². The van der Waals surface area contributed by atoms with E-state index >= 15 is 0 Å². The number of rotatable bonds is 16. The number of aliphatic hydroxyl groups excluding tert-OH is 1. The molecule has 2 aromatic rings. The molecule has 1 aliphatic rings. The van der Waals surface area contributed by atoms with Crippen LogP contribution in [0.5, 0.6) is 17.2 Å². The number of carboxylic acid groups (broad SMARTS) is 2. The van der Waals surface area contributed by atoms with Gasteiger partial charge >= 0.3 is 11.9 Å². The number of methoxy groups -OCH3 is 1. The van der Waals surface area contributed by atoms with Crippen LogP contribution in [0.25, 0.3) is 0 Å². The largest absolute Gasteiger partial charge is 0.493 e. The van der Waals surface area contributed by atoms with Gasteiger partial charge in [-0.15, -0.1) is 0 Å². The van der Waals surface area contributed by atoms with E-state index < -0.39 is 28.9 Å². The van der Waals surface area contributed by atoms with Gasteiger partial charge in [0.25, 0.3) is 5.69 Å². The molecule has 13 nitrogen and oxygen atoms in total. The Hall–Kier alpha value is -4.62. The van der Waals surface area contributed by atoms with E-state index in [1.807, 2.05) is 12.1 Å². The van der Waals surface area contributed by atoms with E-state index in [-0.39, 0.29) is 52.8 Å². The molecule has 13 heteroatoms. The van der Waals surface area contributed by atoms with Gasteiger partial charge in [0.2, 0.25) is 0 Å². The van der Waals surface area contributed by atoms with Crippen molar-refractivity contribution in [3.63, 3.8) is 0 Å². The van der Waals surface area contributed by atoms with Gasteiger partial charge in [-0.25, -0.2) is 9.59 Å². The average molecular weight is 586 g/mol. The van der Waals surface area contributed by atoms with Crippen LogP contribution in [0.4, 0.5) is 5.69 Å². The third-order valence-electron chi connectivity index (χ3n) is 6.62. The minimum atomic E-state index is -1.35. The Balaban J connectivity index is 1.61.